The van der Waals surface area contributed by atoms with Crippen LogP contribution in [0.4, 0.5) is 5.69 Å². The largest absolute Gasteiger partial charge is 0.398 e. The van der Waals surface area contributed by atoms with E-state index in [4.69, 9.17) is 5.73 Å². The minimum atomic E-state index is -3.06. The summed E-state index contributed by atoms with van der Waals surface area (Å²) >= 11 is 0. The van der Waals surface area contributed by atoms with E-state index in [1.54, 1.807) is 12.3 Å². The van der Waals surface area contributed by atoms with Crippen LogP contribution in [0.1, 0.15) is 5.56 Å². The van der Waals surface area contributed by atoms with E-state index in [-0.39, 0.29) is 5.75 Å². The van der Waals surface area contributed by atoms with Crippen LogP contribution in [0.5, 0.6) is 0 Å². The zero-order valence-corrected chi connectivity index (χ0v) is 9.14. The lowest BCUT2D eigenvalue weighted by Crippen LogP contribution is -2.04. The molecule has 0 saturated heterocycles. The molecule has 0 atom stereocenters. The van der Waals surface area contributed by atoms with Gasteiger partial charge >= 0.3 is 0 Å². The number of H-pyrrole nitrogens is 1. The number of sulfone groups is 1. The van der Waals surface area contributed by atoms with Crippen LogP contribution in [0, 0.1) is 0 Å². The summed E-state index contributed by atoms with van der Waals surface area (Å²) in [5.41, 5.74) is 7.88. The zero-order valence-electron chi connectivity index (χ0n) is 8.32. The molecule has 0 amide bonds. The van der Waals surface area contributed by atoms with Crippen molar-refractivity contribution in [3.63, 3.8) is 0 Å². The molecule has 3 N–H and O–H groups in total. The van der Waals surface area contributed by atoms with Crippen LogP contribution >= 0.6 is 0 Å². The third kappa shape index (κ3) is 1.97. The SMILES string of the molecule is CS(=O)(=O)Cc1c(N)ccc2[nH]ccc12. The number of nitrogens with two attached hydrogens (primary N) is 1. The van der Waals surface area contributed by atoms with Crippen molar-refractivity contribution in [3.8, 4) is 0 Å². The maximum Gasteiger partial charge on any atom is 0.151 e. The number of hydrogen-bond donors (Lipinski definition) is 2. The van der Waals surface area contributed by atoms with Gasteiger partial charge in [0.05, 0.1) is 5.75 Å². The van der Waals surface area contributed by atoms with Gasteiger partial charge in [-0.25, -0.2) is 8.42 Å². The smallest absolute Gasteiger partial charge is 0.151 e. The molecule has 80 valence electrons. The minimum Gasteiger partial charge on any atom is -0.398 e. The van der Waals surface area contributed by atoms with Gasteiger partial charge in [-0.05, 0) is 23.8 Å². The summed E-state index contributed by atoms with van der Waals surface area (Å²) in [5, 5.41) is 0.875. The number of aromatic amines is 1. The van der Waals surface area contributed by atoms with Crippen molar-refractivity contribution in [3.05, 3.63) is 30.0 Å². The van der Waals surface area contributed by atoms with E-state index in [2.05, 4.69) is 4.98 Å². The number of fused-ring (bicyclic) bond motifs is 1. The predicted molar refractivity (Wildman–Crippen MR) is 61.3 cm³/mol. The Labute approximate surface area is 88.0 Å². The Morgan fingerprint density at radius 2 is 2.07 bits per heavy atom. The molecule has 0 aliphatic carbocycles. The Hall–Kier alpha value is -1.49. The number of nitrogens with one attached hydrogen (secondary N) is 1. The topological polar surface area (TPSA) is 75.9 Å². The summed E-state index contributed by atoms with van der Waals surface area (Å²) in [7, 11) is -3.06. The number of anilines is 1. The molecule has 0 saturated carbocycles. The van der Waals surface area contributed by atoms with Crippen LogP contribution in [-0.2, 0) is 15.6 Å². The first-order chi connectivity index (χ1) is 6.97. The molecule has 0 spiro atoms. The molecule has 0 radical (unpaired) electrons. The average Bonchev–Trinajstić information content (AvgIpc) is 2.56. The van der Waals surface area contributed by atoms with Crippen LogP contribution in [0.15, 0.2) is 24.4 Å². The van der Waals surface area contributed by atoms with Crippen molar-refractivity contribution in [2.75, 3.05) is 12.0 Å². The second-order valence-corrected chi connectivity index (χ2v) is 5.78. The van der Waals surface area contributed by atoms with E-state index in [0.717, 1.165) is 10.9 Å². The highest BCUT2D eigenvalue weighted by molar-refractivity contribution is 7.89. The summed E-state index contributed by atoms with van der Waals surface area (Å²) in [6, 6.07) is 5.40. The highest BCUT2D eigenvalue weighted by Crippen LogP contribution is 2.25. The normalized spacial score (nSPS) is 12.1. The number of aromatic nitrogens is 1. The molecule has 5 heteroatoms. The Bertz CT molecular complexity index is 599. The molecule has 0 unspecified atom stereocenters. The molecule has 1 heterocycles. The minimum absolute atomic E-state index is 0.0198. The Morgan fingerprint density at radius 3 is 2.73 bits per heavy atom. The van der Waals surface area contributed by atoms with Crippen molar-refractivity contribution < 1.29 is 8.42 Å². The molecule has 1 aromatic carbocycles. The predicted octanol–water partition coefficient (Wildman–Crippen LogP) is 1.29. The van der Waals surface area contributed by atoms with Gasteiger partial charge in [0.25, 0.3) is 0 Å². The lowest BCUT2D eigenvalue weighted by atomic mass is 10.1. The summed E-state index contributed by atoms with van der Waals surface area (Å²) < 4.78 is 22.5. The third-order valence-electron chi connectivity index (χ3n) is 2.29. The second kappa shape index (κ2) is 3.27. The first kappa shape index (κ1) is 10.0. The van der Waals surface area contributed by atoms with Gasteiger partial charge < -0.3 is 10.7 Å². The highest BCUT2D eigenvalue weighted by Gasteiger charge is 2.11. The molecule has 1 aromatic heterocycles. The number of benzene rings is 1. The van der Waals surface area contributed by atoms with Gasteiger partial charge in [0.1, 0.15) is 0 Å². The van der Waals surface area contributed by atoms with E-state index >= 15 is 0 Å². The van der Waals surface area contributed by atoms with E-state index in [1.807, 2.05) is 12.1 Å². The van der Waals surface area contributed by atoms with Crippen molar-refractivity contribution in [2.45, 2.75) is 5.75 Å². The van der Waals surface area contributed by atoms with Crippen LogP contribution in [-0.4, -0.2) is 19.7 Å². The second-order valence-electron chi connectivity index (χ2n) is 3.64. The van der Waals surface area contributed by atoms with Gasteiger partial charge in [-0.15, -0.1) is 0 Å². The standard InChI is InChI=1S/C10H12N2O2S/c1-15(13,14)6-8-7-4-5-12-10(7)3-2-9(8)11/h2-5,12H,6,11H2,1H3. The molecule has 0 aliphatic heterocycles. The summed E-state index contributed by atoms with van der Waals surface area (Å²) in [5.74, 6) is -0.0198. The molecule has 2 rings (SSSR count). The van der Waals surface area contributed by atoms with Crippen LogP contribution in [0.2, 0.25) is 0 Å². The first-order valence-corrected chi connectivity index (χ1v) is 6.55. The summed E-state index contributed by atoms with van der Waals surface area (Å²) in [4.78, 5) is 3.02. The molecule has 0 aliphatic rings. The molecule has 0 bridgehead atoms. The summed E-state index contributed by atoms with van der Waals surface area (Å²) in [6.07, 6.45) is 2.98. The van der Waals surface area contributed by atoms with E-state index in [1.165, 1.54) is 6.26 Å². The van der Waals surface area contributed by atoms with Gasteiger partial charge in [-0.2, -0.15) is 0 Å². The van der Waals surface area contributed by atoms with Crippen molar-refractivity contribution in [2.24, 2.45) is 0 Å². The Kier molecular flexibility index (Phi) is 2.19. The van der Waals surface area contributed by atoms with E-state index in [9.17, 15) is 8.42 Å². The Morgan fingerprint density at radius 1 is 1.33 bits per heavy atom. The van der Waals surface area contributed by atoms with E-state index < -0.39 is 9.84 Å². The fraction of sp³-hybridized carbons (Fsp3) is 0.200. The van der Waals surface area contributed by atoms with Gasteiger partial charge in [-0.1, -0.05) is 0 Å². The van der Waals surface area contributed by atoms with Gasteiger partial charge in [0.15, 0.2) is 9.84 Å². The molecule has 2 aromatic rings. The lowest BCUT2D eigenvalue weighted by molar-refractivity contribution is 0.601. The van der Waals surface area contributed by atoms with Crippen molar-refractivity contribution >= 4 is 26.4 Å². The number of hydrogen-bond acceptors (Lipinski definition) is 3. The maximum absolute atomic E-state index is 11.3. The quantitative estimate of drug-likeness (QED) is 0.755. The highest BCUT2D eigenvalue weighted by atomic mass is 32.2. The monoisotopic (exact) mass is 224 g/mol. The molecular weight excluding hydrogens is 212 g/mol. The summed E-state index contributed by atoms with van der Waals surface area (Å²) in [6.45, 7) is 0. The van der Waals surface area contributed by atoms with Gasteiger partial charge in [0, 0.05) is 29.0 Å². The van der Waals surface area contributed by atoms with Gasteiger partial charge in [0.2, 0.25) is 0 Å². The zero-order chi connectivity index (χ0) is 11.1. The lowest BCUT2D eigenvalue weighted by Gasteiger charge is -2.05. The fourth-order valence-electron chi connectivity index (χ4n) is 1.64. The van der Waals surface area contributed by atoms with Crippen molar-refractivity contribution in [1.82, 2.24) is 4.98 Å². The molecule has 0 fully saturated rings. The van der Waals surface area contributed by atoms with Crippen LogP contribution < -0.4 is 5.73 Å². The van der Waals surface area contributed by atoms with Gasteiger partial charge in [-0.3, -0.25) is 0 Å². The average molecular weight is 224 g/mol. The van der Waals surface area contributed by atoms with Crippen molar-refractivity contribution in [1.29, 1.82) is 0 Å². The number of nitrogen functional groups attached to an aromatic ring is 1. The third-order valence-corrected chi connectivity index (χ3v) is 3.10. The first-order valence-electron chi connectivity index (χ1n) is 4.49. The fourth-order valence-corrected chi connectivity index (χ4v) is 2.48. The molecule has 15 heavy (non-hydrogen) atoms. The molecule has 4 nitrogen and oxygen atoms in total. The molecular formula is C10H12N2O2S. The Balaban J connectivity index is 2.67. The maximum atomic E-state index is 11.3. The number of rotatable bonds is 2. The van der Waals surface area contributed by atoms with E-state index in [0.29, 0.717) is 11.3 Å². The van der Waals surface area contributed by atoms with Crippen LogP contribution in [0.25, 0.3) is 10.9 Å². The van der Waals surface area contributed by atoms with Crippen LogP contribution in [0.3, 0.4) is 0 Å².